The lowest BCUT2D eigenvalue weighted by Crippen LogP contribution is -2.19. The highest BCUT2D eigenvalue weighted by atomic mass is 35.5. The fraction of sp³-hybridized carbons (Fsp3) is 0.150. The number of methoxy groups -OCH3 is 1. The first-order chi connectivity index (χ1) is 16.3. The topological polar surface area (TPSA) is 77.5 Å². The zero-order chi connectivity index (χ0) is 26.1. The van der Waals surface area contributed by atoms with Gasteiger partial charge >= 0.3 is 5.97 Å². The molecule has 0 fully saturated rings. The van der Waals surface area contributed by atoms with E-state index in [0.29, 0.717) is 11.3 Å². The molecule has 1 N–H and O–H groups in total. The fourth-order valence-electron chi connectivity index (χ4n) is 2.67. The van der Waals surface area contributed by atoms with E-state index >= 15 is 0 Å². The van der Waals surface area contributed by atoms with Crippen LogP contribution in [0.2, 0.25) is 4.47 Å². The van der Waals surface area contributed by atoms with Gasteiger partial charge in [0.1, 0.15) is 16.3 Å². The zero-order valence-electron chi connectivity index (χ0n) is 18.9. The molecule has 0 spiro atoms. The van der Waals surface area contributed by atoms with E-state index in [9.17, 15) is 27.2 Å². The van der Waals surface area contributed by atoms with Crippen LogP contribution in [0.4, 0.5) is 23.2 Å². The molecule has 0 saturated heterocycles. The van der Waals surface area contributed by atoms with Crippen LogP contribution in [0.1, 0.15) is 31.2 Å². The SMILES string of the molecule is [2H]C([2H])([2H])Oc1cccc(-c2c(F)c(F)c(NC(=O)c3nc(Cl)sc3C(=O)OCC)c(F)c2F)c1. The quantitative estimate of drug-likeness (QED) is 0.281. The van der Waals surface area contributed by atoms with Gasteiger partial charge in [0.05, 0.1) is 23.3 Å². The van der Waals surface area contributed by atoms with E-state index in [1.54, 1.807) is 5.32 Å². The summed E-state index contributed by atoms with van der Waals surface area (Å²) in [5, 5.41) is 1.66. The number of amides is 1. The molecule has 0 bridgehead atoms. The van der Waals surface area contributed by atoms with Gasteiger partial charge in [-0.1, -0.05) is 35.1 Å². The second-order valence-electron chi connectivity index (χ2n) is 5.95. The Morgan fingerprint density at radius 1 is 1.19 bits per heavy atom. The van der Waals surface area contributed by atoms with Crippen molar-refractivity contribution in [2.45, 2.75) is 6.92 Å². The van der Waals surface area contributed by atoms with Gasteiger partial charge in [-0.3, -0.25) is 4.79 Å². The Labute approximate surface area is 192 Å². The summed E-state index contributed by atoms with van der Waals surface area (Å²) < 4.78 is 89.6. The summed E-state index contributed by atoms with van der Waals surface area (Å²) in [6, 6.07) is 4.25. The number of carbonyl (C=O) groups is 2. The molecule has 1 heterocycles. The van der Waals surface area contributed by atoms with Crippen molar-refractivity contribution in [3.8, 4) is 16.9 Å². The van der Waals surface area contributed by atoms with Crippen LogP contribution in [0.25, 0.3) is 11.1 Å². The number of halogens is 5. The zero-order valence-corrected chi connectivity index (χ0v) is 17.5. The van der Waals surface area contributed by atoms with E-state index < -0.39 is 64.7 Å². The molecule has 1 aromatic heterocycles. The van der Waals surface area contributed by atoms with Crippen molar-refractivity contribution in [1.82, 2.24) is 4.98 Å². The Balaban J connectivity index is 2.02. The molecule has 32 heavy (non-hydrogen) atoms. The third-order valence-electron chi connectivity index (χ3n) is 4.02. The number of anilines is 1. The maximum atomic E-state index is 14.8. The van der Waals surface area contributed by atoms with Crippen LogP contribution < -0.4 is 10.1 Å². The van der Waals surface area contributed by atoms with E-state index in [2.05, 4.69) is 9.72 Å². The van der Waals surface area contributed by atoms with E-state index in [1.807, 2.05) is 0 Å². The van der Waals surface area contributed by atoms with E-state index in [1.165, 1.54) is 6.92 Å². The molecule has 0 unspecified atom stereocenters. The van der Waals surface area contributed by atoms with Crippen molar-refractivity contribution >= 4 is 40.5 Å². The van der Waals surface area contributed by atoms with Gasteiger partial charge in [0, 0.05) is 0 Å². The normalized spacial score (nSPS) is 12.5. The summed E-state index contributed by atoms with van der Waals surface area (Å²) in [6.45, 7) is 1.43. The molecule has 0 radical (unpaired) electrons. The van der Waals surface area contributed by atoms with Crippen LogP contribution in [0.5, 0.6) is 5.75 Å². The number of esters is 1. The first-order valence-electron chi connectivity index (χ1n) is 10.1. The number of nitrogens with one attached hydrogen (secondary N) is 1. The summed E-state index contributed by atoms with van der Waals surface area (Å²) in [4.78, 5) is 27.7. The van der Waals surface area contributed by atoms with Crippen molar-refractivity contribution in [1.29, 1.82) is 0 Å². The number of aromatic nitrogens is 1. The molecular weight excluding hydrogens is 476 g/mol. The fourth-order valence-corrected chi connectivity index (χ4v) is 3.66. The largest absolute Gasteiger partial charge is 0.497 e. The lowest BCUT2D eigenvalue weighted by Gasteiger charge is -2.13. The first-order valence-corrected chi connectivity index (χ1v) is 9.83. The Morgan fingerprint density at radius 3 is 2.50 bits per heavy atom. The van der Waals surface area contributed by atoms with E-state index in [-0.39, 0.29) is 21.7 Å². The van der Waals surface area contributed by atoms with E-state index in [0.717, 1.165) is 24.3 Å². The summed E-state index contributed by atoms with van der Waals surface area (Å²) in [7, 11) is -2.89. The summed E-state index contributed by atoms with van der Waals surface area (Å²) in [5.74, 6) is -10.4. The van der Waals surface area contributed by atoms with Crippen LogP contribution in [0.3, 0.4) is 0 Å². The van der Waals surface area contributed by atoms with Crippen molar-refractivity contribution in [2.75, 3.05) is 19.0 Å². The van der Waals surface area contributed by atoms with E-state index in [4.69, 9.17) is 20.5 Å². The molecule has 3 aromatic rings. The van der Waals surface area contributed by atoms with Gasteiger partial charge in [-0.05, 0) is 24.6 Å². The molecule has 12 heteroatoms. The highest BCUT2D eigenvalue weighted by Crippen LogP contribution is 2.36. The number of benzene rings is 2. The van der Waals surface area contributed by atoms with Gasteiger partial charge in [-0.25, -0.2) is 27.3 Å². The molecule has 2 aromatic carbocycles. The predicted octanol–water partition coefficient (Wildman–Crippen LogP) is 5.46. The molecule has 0 aliphatic heterocycles. The second kappa shape index (κ2) is 9.53. The lowest BCUT2D eigenvalue weighted by molar-refractivity contribution is 0.0529. The number of hydrogen-bond donors (Lipinski definition) is 1. The maximum absolute atomic E-state index is 14.8. The van der Waals surface area contributed by atoms with Gasteiger partial charge in [0.15, 0.2) is 33.4 Å². The second-order valence-corrected chi connectivity index (χ2v) is 7.54. The first kappa shape index (κ1) is 19.5. The molecule has 0 aliphatic carbocycles. The molecule has 168 valence electrons. The Morgan fingerprint density at radius 2 is 1.88 bits per heavy atom. The van der Waals surface area contributed by atoms with Crippen LogP contribution in [-0.2, 0) is 4.74 Å². The minimum Gasteiger partial charge on any atom is -0.497 e. The van der Waals surface area contributed by atoms with Crippen LogP contribution in [0, 0.1) is 23.3 Å². The molecule has 0 atom stereocenters. The number of thiazole rings is 1. The smallest absolute Gasteiger partial charge is 0.350 e. The highest BCUT2D eigenvalue weighted by molar-refractivity contribution is 7.17. The molecule has 6 nitrogen and oxygen atoms in total. The van der Waals surface area contributed by atoms with Crippen LogP contribution in [-0.4, -0.2) is 30.5 Å². The highest BCUT2D eigenvalue weighted by Gasteiger charge is 2.30. The number of nitrogens with zero attached hydrogens (tertiary/aromatic N) is 1. The van der Waals surface area contributed by atoms with Gasteiger partial charge in [0.25, 0.3) is 5.91 Å². The predicted molar refractivity (Wildman–Crippen MR) is 109 cm³/mol. The average Bonchev–Trinajstić information content (AvgIpc) is 3.17. The van der Waals surface area contributed by atoms with Crippen molar-refractivity contribution in [2.24, 2.45) is 0 Å². The molecule has 0 saturated carbocycles. The maximum Gasteiger partial charge on any atom is 0.350 e. The third-order valence-corrected chi connectivity index (χ3v) is 5.16. The van der Waals surface area contributed by atoms with Gasteiger partial charge < -0.3 is 14.8 Å². The number of ether oxygens (including phenoxy) is 2. The van der Waals surface area contributed by atoms with Crippen molar-refractivity contribution in [3.63, 3.8) is 0 Å². The molecule has 3 rings (SSSR count). The third kappa shape index (κ3) is 4.39. The minimum atomic E-state index is -2.89. The van der Waals surface area contributed by atoms with Gasteiger partial charge in [0.2, 0.25) is 0 Å². The van der Waals surface area contributed by atoms with Gasteiger partial charge in [-0.15, -0.1) is 0 Å². The lowest BCUT2D eigenvalue weighted by atomic mass is 10.0. The number of rotatable bonds is 6. The molecular formula is C20H13ClF4N2O4S. The van der Waals surface area contributed by atoms with Crippen molar-refractivity contribution in [3.05, 3.63) is 62.6 Å². The molecule has 1 amide bonds. The monoisotopic (exact) mass is 491 g/mol. The van der Waals surface area contributed by atoms with Crippen LogP contribution in [0.15, 0.2) is 24.3 Å². The average molecular weight is 492 g/mol. The summed E-state index contributed by atoms with van der Waals surface area (Å²) in [5.41, 5.74) is -3.76. The standard InChI is InChI=1S/C20H13ClF4N2O4S/c1-3-31-19(29)17-16(27-20(21)32-17)18(28)26-15-13(24)11(22)10(12(23)14(15)25)8-5-4-6-9(7-8)30-2/h4-7H,3H2,1-2H3,(H,26,28)/i2D3. The number of hydrogen-bond acceptors (Lipinski definition) is 6. The Hall–Kier alpha value is -3.18. The molecule has 0 aliphatic rings. The number of carbonyl (C=O) groups excluding carboxylic acids is 2. The Bertz CT molecular complexity index is 1290. The van der Waals surface area contributed by atoms with Gasteiger partial charge in [-0.2, -0.15) is 0 Å². The van der Waals surface area contributed by atoms with Crippen LogP contribution >= 0.6 is 22.9 Å². The minimum absolute atomic E-state index is 0.0604. The van der Waals surface area contributed by atoms with Crippen molar-refractivity contribution < 1.29 is 40.7 Å². The summed E-state index contributed by atoms with van der Waals surface area (Å²) >= 11 is 6.27. The summed E-state index contributed by atoms with van der Waals surface area (Å²) in [6.07, 6.45) is 0. The Kier molecular flexibility index (Phi) is 5.81.